The van der Waals surface area contributed by atoms with E-state index in [0.29, 0.717) is 29.1 Å². The average molecular weight is 551 g/mol. The number of fused-ring (bicyclic) bond motifs is 1. The second-order valence-corrected chi connectivity index (χ2v) is 8.05. The number of furan rings is 1. The molecule has 1 amide bonds. The van der Waals surface area contributed by atoms with E-state index in [0.717, 1.165) is 15.6 Å². The summed E-state index contributed by atoms with van der Waals surface area (Å²) in [6, 6.07) is 9.21. The van der Waals surface area contributed by atoms with Gasteiger partial charge in [0.1, 0.15) is 5.58 Å². The van der Waals surface area contributed by atoms with Gasteiger partial charge in [0.05, 0.1) is 27.4 Å². The van der Waals surface area contributed by atoms with E-state index in [1.807, 2.05) is 26.8 Å². The van der Waals surface area contributed by atoms with Crippen LogP contribution in [0.3, 0.4) is 0 Å². The van der Waals surface area contributed by atoms with Crippen LogP contribution >= 0.6 is 22.6 Å². The lowest BCUT2D eigenvalue weighted by molar-refractivity contribution is -0.384. The number of nitrogens with one attached hydrogen (secondary N) is 1. The Morgan fingerprint density at radius 1 is 1.31 bits per heavy atom. The Hall–Kier alpha value is -3.15. The number of nitro groups is 1. The molecule has 168 valence electrons. The van der Waals surface area contributed by atoms with E-state index in [2.05, 4.69) is 33.1 Å². The van der Waals surface area contributed by atoms with E-state index in [1.165, 1.54) is 30.5 Å². The molecule has 0 radical (unpaired) electrons. The lowest BCUT2D eigenvalue weighted by atomic mass is 10.2. The Morgan fingerprint density at radius 3 is 2.78 bits per heavy atom. The third-order valence-corrected chi connectivity index (χ3v) is 5.34. The summed E-state index contributed by atoms with van der Waals surface area (Å²) in [6.45, 7) is 6.41. The highest BCUT2D eigenvalue weighted by Crippen LogP contribution is 2.35. The molecule has 1 aromatic heterocycles. The van der Waals surface area contributed by atoms with E-state index in [9.17, 15) is 14.9 Å². The Morgan fingerprint density at radius 2 is 2.09 bits per heavy atom. The second-order valence-electron chi connectivity index (χ2n) is 6.89. The number of hydrogen-bond acceptors (Lipinski definition) is 7. The van der Waals surface area contributed by atoms with Crippen LogP contribution in [0.15, 0.2) is 45.9 Å². The predicted molar refractivity (Wildman–Crippen MR) is 129 cm³/mol. The minimum atomic E-state index is -0.573. The van der Waals surface area contributed by atoms with Crippen molar-refractivity contribution in [2.24, 2.45) is 5.10 Å². The molecule has 3 aromatic rings. The van der Waals surface area contributed by atoms with Gasteiger partial charge in [0, 0.05) is 17.5 Å². The first-order chi connectivity index (χ1) is 15.3. The van der Waals surface area contributed by atoms with Crippen LogP contribution in [-0.4, -0.2) is 29.8 Å². The fourth-order valence-corrected chi connectivity index (χ4v) is 3.55. The van der Waals surface area contributed by atoms with Crippen molar-refractivity contribution in [2.45, 2.75) is 33.3 Å². The van der Waals surface area contributed by atoms with Crippen molar-refractivity contribution < 1.29 is 23.6 Å². The van der Waals surface area contributed by atoms with Crippen LogP contribution in [0.2, 0.25) is 0 Å². The third kappa shape index (κ3) is 5.55. The van der Waals surface area contributed by atoms with Crippen LogP contribution in [0.25, 0.3) is 11.0 Å². The lowest BCUT2D eigenvalue weighted by Gasteiger charge is -2.18. The standard InChI is InChI=1S/C22H22IN3O6/c1-4-13(3)31-21-17(23)8-14(9-19(21)30-5-2)12-24-25-22(27)20-11-15-10-16(26(28)29)6-7-18(15)32-20/h6-13H,4-5H2,1-3H3,(H,25,27)/b24-12+/t13-/m0/s1. The highest BCUT2D eigenvalue weighted by atomic mass is 127. The maximum atomic E-state index is 12.4. The highest BCUT2D eigenvalue weighted by molar-refractivity contribution is 14.1. The Balaban J connectivity index is 1.75. The van der Waals surface area contributed by atoms with E-state index < -0.39 is 10.8 Å². The lowest BCUT2D eigenvalue weighted by Crippen LogP contribution is -2.16. The van der Waals surface area contributed by atoms with E-state index in [1.54, 1.807) is 6.07 Å². The maximum Gasteiger partial charge on any atom is 0.307 e. The largest absolute Gasteiger partial charge is 0.490 e. The van der Waals surface area contributed by atoms with Gasteiger partial charge >= 0.3 is 5.91 Å². The Kier molecular flexibility index (Phi) is 7.67. The molecule has 0 saturated carbocycles. The monoisotopic (exact) mass is 551 g/mol. The first-order valence-corrected chi connectivity index (χ1v) is 11.0. The van der Waals surface area contributed by atoms with Gasteiger partial charge in [-0.05, 0) is 72.7 Å². The van der Waals surface area contributed by atoms with Crippen molar-refractivity contribution in [3.8, 4) is 11.5 Å². The molecule has 9 nitrogen and oxygen atoms in total. The number of ether oxygens (including phenoxy) is 2. The summed E-state index contributed by atoms with van der Waals surface area (Å²) in [5.41, 5.74) is 3.41. The van der Waals surface area contributed by atoms with Crippen LogP contribution in [0, 0.1) is 13.7 Å². The minimum absolute atomic E-state index is 0.000431. The first-order valence-electron chi connectivity index (χ1n) is 9.96. The molecule has 1 atom stereocenters. The van der Waals surface area contributed by atoms with Gasteiger partial charge in [-0.1, -0.05) is 6.92 Å². The quantitative estimate of drug-likeness (QED) is 0.167. The molecule has 0 unspecified atom stereocenters. The number of rotatable bonds is 9. The van der Waals surface area contributed by atoms with Gasteiger partial charge in [-0.25, -0.2) is 5.43 Å². The number of nitrogens with zero attached hydrogens (tertiary/aromatic N) is 2. The average Bonchev–Trinajstić information content (AvgIpc) is 3.19. The molecule has 0 aliphatic carbocycles. The number of nitro benzene ring substituents is 1. The number of halogens is 1. The van der Waals surface area contributed by atoms with Gasteiger partial charge in [-0.2, -0.15) is 5.10 Å². The second kappa shape index (κ2) is 10.4. The molecule has 3 rings (SSSR count). The zero-order valence-electron chi connectivity index (χ0n) is 17.8. The summed E-state index contributed by atoms with van der Waals surface area (Å²) in [7, 11) is 0. The summed E-state index contributed by atoms with van der Waals surface area (Å²) in [4.78, 5) is 22.8. The fourth-order valence-electron chi connectivity index (χ4n) is 2.80. The number of non-ortho nitro benzene ring substituents is 1. The summed E-state index contributed by atoms with van der Waals surface area (Å²) in [5.74, 6) is 0.710. The van der Waals surface area contributed by atoms with Crippen LogP contribution in [-0.2, 0) is 0 Å². The molecule has 0 aliphatic heterocycles. The van der Waals surface area contributed by atoms with Gasteiger partial charge in [0.2, 0.25) is 0 Å². The highest BCUT2D eigenvalue weighted by Gasteiger charge is 2.16. The third-order valence-electron chi connectivity index (χ3n) is 4.54. The summed E-state index contributed by atoms with van der Waals surface area (Å²) in [5, 5.41) is 15.3. The predicted octanol–water partition coefficient (Wildman–Crippen LogP) is 5.29. The normalized spacial score (nSPS) is 12.1. The van der Waals surface area contributed by atoms with Crippen molar-refractivity contribution in [1.29, 1.82) is 0 Å². The van der Waals surface area contributed by atoms with E-state index >= 15 is 0 Å². The number of hydrazone groups is 1. The van der Waals surface area contributed by atoms with Crippen molar-refractivity contribution in [3.05, 3.63) is 61.4 Å². The van der Waals surface area contributed by atoms with Crippen molar-refractivity contribution >= 4 is 51.4 Å². The summed E-state index contributed by atoms with van der Waals surface area (Å²) in [6.07, 6.45) is 2.40. The fraction of sp³-hybridized carbons (Fsp3) is 0.273. The molecular weight excluding hydrogens is 529 g/mol. The smallest absolute Gasteiger partial charge is 0.307 e. The van der Waals surface area contributed by atoms with Crippen LogP contribution < -0.4 is 14.9 Å². The van der Waals surface area contributed by atoms with E-state index in [4.69, 9.17) is 13.9 Å². The Bertz CT molecular complexity index is 1170. The van der Waals surface area contributed by atoms with Crippen molar-refractivity contribution in [2.75, 3.05) is 6.61 Å². The van der Waals surface area contributed by atoms with Crippen molar-refractivity contribution in [3.63, 3.8) is 0 Å². The molecule has 0 fully saturated rings. The molecule has 1 N–H and O–H groups in total. The molecule has 0 spiro atoms. The van der Waals surface area contributed by atoms with Crippen LogP contribution in [0.1, 0.15) is 43.3 Å². The summed E-state index contributed by atoms with van der Waals surface area (Å²) >= 11 is 2.17. The molecule has 0 bridgehead atoms. The van der Waals surface area contributed by atoms with Gasteiger partial charge in [-0.15, -0.1) is 0 Å². The number of amides is 1. The maximum absolute atomic E-state index is 12.4. The SMILES string of the molecule is CCOc1cc(/C=N/NC(=O)c2cc3cc([N+](=O)[O-])ccc3o2)cc(I)c1O[C@@H](C)CC. The van der Waals surface area contributed by atoms with Gasteiger partial charge in [0.15, 0.2) is 17.3 Å². The number of benzene rings is 2. The Labute approximate surface area is 198 Å². The molecule has 0 saturated heterocycles. The van der Waals surface area contributed by atoms with Crippen molar-refractivity contribution in [1.82, 2.24) is 5.43 Å². The number of carbonyl (C=O) groups is 1. The minimum Gasteiger partial charge on any atom is -0.490 e. The number of carbonyl (C=O) groups excluding carboxylic acids is 1. The first kappa shape index (κ1) is 23.5. The van der Waals surface area contributed by atoms with Crippen LogP contribution in [0.4, 0.5) is 5.69 Å². The van der Waals surface area contributed by atoms with E-state index in [-0.39, 0.29) is 17.6 Å². The molecular formula is C22H22IN3O6. The number of hydrogen-bond donors (Lipinski definition) is 1. The van der Waals surface area contributed by atoms with Gasteiger partial charge in [-0.3, -0.25) is 14.9 Å². The topological polar surface area (TPSA) is 116 Å². The molecule has 10 heteroatoms. The molecule has 1 heterocycles. The molecule has 0 aliphatic rings. The zero-order valence-corrected chi connectivity index (χ0v) is 19.9. The molecule has 32 heavy (non-hydrogen) atoms. The summed E-state index contributed by atoms with van der Waals surface area (Å²) < 4.78 is 18.0. The molecule has 2 aromatic carbocycles. The van der Waals surface area contributed by atoms with Gasteiger partial charge in [0.25, 0.3) is 5.69 Å². The van der Waals surface area contributed by atoms with Gasteiger partial charge < -0.3 is 13.9 Å². The van der Waals surface area contributed by atoms with Crippen LogP contribution in [0.5, 0.6) is 11.5 Å². The zero-order chi connectivity index (χ0) is 23.3.